The molecule has 0 aliphatic heterocycles. The number of rotatable bonds is 4. The molecule has 1 aromatic heterocycles. The Kier molecular flexibility index (Phi) is 4.99. The van der Waals surface area contributed by atoms with E-state index >= 15 is 0 Å². The second kappa shape index (κ2) is 7.37. The number of carbonyl (C=O) groups is 1. The number of para-hydroxylation sites is 1. The van der Waals surface area contributed by atoms with Gasteiger partial charge in [0, 0.05) is 5.56 Å². The summed E-state index contributed by atoms with van der Waals surface area (Å²) in [4.78, 5) is 17.5. The van der Waals surface area contributed by atoms with Gasteiger partial charge >= 0.3 is 0 Å². The van der Waals surface area contributed by atoms with Gasteiger partial charge in [0.25, 0.3) is 5.91 Å². The summed E-state index contributed by atoms with van der Waals surface area (Å²) >= 11 is 1.45. The third kappa shape index (κ3) is 3.73. The first-order valence-electron chi connectivity index (χ1n) is 7.85. The molecule has 0 spiro atoms. The van der Waals surface area contributed by atoms with Crippen molar-refractivity contribution in [2.45, 2.75) is 13.8 Å². The molecule has 132 valence electrons. The van der Waals surface area contributed by atoms with E-state index in [-0.39, 0.29) is 17.1 Å². The lowest BCUT2D eigenvalue weighted by molar-refractivity contribution is 0.0952. The highest BCUT2D eigenvalue weighted by Gasteiger charge is 2.13. The smallest absolute Gasteiger partial charge is 0.275 e. The lowest BCUT2D eigenvalue weighted by Crippen LogP contribution is -2.19. The van der Waals surface area contributed by atoms with E-state index in [4.69, 9.17) is 0 Å². The Bertz CT molecular complexity index is 978. The zero-order valence-corrected chi connectivity index (χ0v) is 15.0. The standard InChI is InChI=1S/C19H17N3O3S/c1-11-17(26-19(20-11)13-7-9-14(23)10-8-13)12(2)21-22-18(25)15-5-3-4-6-16(15)24/h3-10,23-24H,1-2H3,(H,22,25)/b21-12+. The van der Waals surface area contributed by atoms with Crippen molar-refractivity contribution in [1.29, 1.82) is 0 Å². The zero-order valence-electron chi connectivity index (χ0n) is 14.2. The number of hydrazone groups is 1. The van der Waals surface area contributed by atoms with Crippen LogP contribution in [0.2, 0.25) is 0 Å². The average molecular weight is 367 g/mol. The second-order valence-electron chi connectivity index (χ2n) is 5.64. The van der Waals surface area contributed by atoms with Gasteiger partial charge in [0.15, 0.2) is 0 Å². The Hall–Kier alpha value is -3.19. The lowest BCUT2D eigenvalue weighted by atomic mass is 10.2. The van der Waals surface area contributed by atoms with Gasteiger partial charge in [-0.1, -0.05) is 12.1 Å². The maximum Gasteiger partial charge on any atom is 0.275 e. The fourth-order valence-electron chi connectivity index (χ4n) is 2.37. The Morgan fingerprint density at radius 3 is 2.50 bits per heavy atom. The fraction of sp³-hybridized carbons (Fsp3) is 0.105. The van der Waals surface area contributed by atoms with Crippen molar-refractivity contribution in [2.75, 3.05) is 0 Å². The fourth-order valence-corrected chi connectivity index (χ4v) is 3.39. The van der Waals surface area contributed by atoms with Crippen LogP contribution >= 0.6 is 11.3 Å². The Balaban J connectivity index is 1.80. The molecule has 1 heterocycles. The highest BCUT2D eigenvalue weighted by molar-refractivity contribution is 7.17. The summed E-state index contributed by atoms with van der Waals surface area (Å²) in [5, 5.41) is 24.0. The molecule has 0 bridgehead atoms. The van der Waals surface area contributed by atoms with Crippen LogP contribution in [0.4, 0.5) is 0 Å². The summed E-state index contributed by atoms with van der Waals surface area (Å²) in [5.41, 5.74) is 4.94. The molecule has 0 aliphatic carbocycles. The molecule has 0 unspecified atom stereocenters. The Labute approximate surface area is 154 Å². The molecular formula is C19H17N3O3S. The number of aryl methyl sites for hydroxylation is 1. The summed E-state index contributed by atoms with van der Waals surface area (Å²) < 4.78 is 0. The summed E-state index contributed by atoms with van der Waals surface area (Å²) in [6.07, 6.45) is 0. The number of phenols is 2. The van der Waals surface area contributed by atoms with E-state index in [1.54, 1.807) is 43.3 Å². The molecule has 3 aromatic rings. The number of nitrogens with one attached hydrogen (secondary N) is 1. The normalized spacial score (nSPS) is 11.4. The quantitative estimate of drug-likeness (QED) is 0.484. The van der Waals surface area contributed by atoms with Crippen LogP contribution < -0.4 is 5.43 Å². The number of aromatic hydroxyl groups is 2. The van der Waals surface area contributed by atoms with E-state index in [0.29, 0.717) is 5.71 Å². The maximum absolute atomic E-state index is 12.1. The number of hydrogen-bond donors (Lipinski definition) is 3. The minimum atomic E-state index is -0.483. The minimum absolute atomic E-state index is 0.0959. The van der Waals surface area contributed by atoms with E-state index in [9.17, 15) is 15.0 Å². The molecule has 3 rings (SSSR count). The molecule has 3 N–H and O–H groups in total. The van der Waals surface area contributed by atoms with E-state index in [2.05, 4.69) is 15.5 Å². The predicted octanol–water partition coefficient (Wildman–Crippen LogP) is 3.68. The van der Waals surface area contributed by atoms with E-state index in [1.165, 1.54) is 23.5 Å². The monoisotopic (exact) mass is 367 g/mol. The van der Waals surface area contributed by atoms with Crippen molar-refractivity contribution in [2.24, 2.45) is 5.10 Å². The molecule has 0 saturated carbocycles. The van der Waals surface area contributed by atoms with Gasteiger partial charge in [-0.25, -0.2) is 10.4 Å². The van der Waals surface area contributed by atoms with E-state index in [0.717, 1.165) is 21.1 Å². The van der Waals surface area contributed by atoms with Crippen molar-refractivity contribution >= 4 is 23.0 Å². The SMILES string of the molecule is C/C(=N\NC(=O)c1ccccc1O)c1sc(-c2ccc(O)cc2)nc1C. The van der Waals surface area contributed by atoms with Crippen LogP contribution in [-0.4, -0.2) is 26.8 Å². The third-order valence-electron chi connectivity index (χ3n) is 3.71. The van der Waals surface area contributed by atoms with Gasteiger partial charge in [-0.2, -0.15) is 5.10 Å². The second-order valence-corrected chi connectivity index (χ2v) is 6.63. The van der Waals surface area contributed by atoms with E-state index in [1.807, 2.05) is 6.92 Å². The number of amides is 1. The van der Waals surface area contributed by atoms with E-state index < -0.39 is 5.91 Å². The minimum Gasteiger partial charge on any atom is -0.508 e. The summed E-state index contributed by atoms with van der Waals surface area (Å²) in [6, 6.07) is 13.1. The van der Waals surface area contributed by atoms with Crippen LogP contribution in [0.3, 0.4) is 0 Å². The number of nitrogens with zero attached hydrogens (tertiary/aromatic N) is 2. The van der Waals surface area contributed by atoms with Gasteiger partial charge in [0.1, 0.15) is 16.5 Å². The highest BCUT2D eigenvalue weighted by Crippen LogP contribution is 2.29. The van der Waals surface area contributed by atoms with Crippen LogP contribution in [0.1, 0.15) is 27.9 Å². The highest BCUT2D eigenvalue weighted by atomic mass is 32.1. The molecule has 0 aliphatic rings. The maximum atomic E-state index is 12.1. The first-order valence-corrected chi connectivity index (χ1v) is 8.67. The van der Waals surface area contributed by atoms with Crippen molar-refractivity contribution < 1.29 is 15.0 Å². The van der Waals surface area contributed by atoms with Gasteiger partial charge < -0.3 is 10.2 Å². The van der Waals surface area contributed by atoms with Crippen LogP contribution in [-0.2, 0) is 0 Å². The molecule has 26 heavy (non-hydrogen) atoms. The van der Waals surface area contributed by atoms with Gasteiger partial charge in [0.05, 0.1) is 21.8 Å². The first kappa shape index (κ1) is 17.6. The molecule has 7 heteroatoms. The van der Waals surface area contributed by atoms with Gasteiger partial charge in [0.2, 0.25) is 0 Å². The lowest BCUT2D eigenvalue weighted by Gasteiger charge is -2.03. The molecule has 0 radical (unpaired) electrons. The van der Waals surface area contributed by atoms with Crippen LogP contribution in [0.15, 0.2) is 53.6 Å². The number of phenolic OH excluding ortho intramolecular Hbond substituents is 2. The molecular weight excluding hydrogens is 350 g/mol. The predicted molar refractivity (Wildman–Crippen MR) is 102 cm³/mol. The molecule has 1 amide bonds. The van der Waals surface area contributed by atoms with Gasteiger partial charge in [-0.15, -0.1) is 11.3 Å². The number of hydrogen-bond acceptors (Lipinski definition) is 6. The summed E-state index contributed by atoms with van der Waals surface area (Å²) in [5.74, 6) is -0.378. The van der Waals surface area contributed by atoms with Crippen molar-refractivity contribution in [3.05, 3.63) is 64.7 Å². The molecule has 0 atom stereocenters. The molecule has 0 fully saturated rings. The largest absolute Gasteiger partial charge is 0.508 e. The molecule has 6 nitrogen and oxygen atoms in total. The van der Waals surface area contributed by atoms with Crippen molar-refractivity contribution in [1.82, 2.24) is 10.4 Å². The number of thiazole rings is 1. The number of benzene rings is 2. The van der Waals surface area contributed by atoms with Crippen LogP contribution in [0.5, 0.6) is 11.5 Å². The summed E-state index contributed by atoms with van der Waals surface area (Å²) in [6.45, 7) is 3.66. The molecule has 2 aromatic carbocycles. The van der Waals surface area contributed by atoms with Gasteiger partial charge in [-0.05, 0) is 50.2 Å². The van der Waals surface area contributed by atoms with Crippen molar-refractivity contribution in [3.63, 3.8) is 0 Å². The first-order chi connectivity index (χ1) is 12.5. The number of carbonyl (C=O) groups excluding carboxylic acids is 1. The Morgan fingerprint density at radius 1 is 1.12 bits per heavy atom. The summed E-state index contributed by atoms with van der Waals surface area (Å²) in [7, 11) is 0. The van der Waals surface area contributed by atoms with Crippen LogP contribution in [0, 0.1) is 6.92 Å². The third-order valence-corrected chi connectivity index (χ3v) is 5.03. The molecule has 0 saturated heterocycles. The number of aromatic nitrogens is 1. The average Bonchev–Trinajstić information content (AvgIpc) is 3.02. The Morgan fingerprint density at radius 2 is 1.81 bits per heavy atom. The zero-order chi connectivity index (χ0) is 18.7. The van der Waals surface area contributed by atoms with Crippen molar-refractivity contribution in [3.8, 4) is 22.1 Å². The van der Waals surface area contributed by atoms with Gasteiger partial charge in [-0.3, -0.25) is 4.79 Å². The van der Waals surface area contributed by atoms with Crippen LogP contribution in [0.25, 0.3) is 10.6 Å². The topological polar surface area (TPSA) is 94.8 Å².